The Hall–Kier alpha value is -0.680. The molecule has 2 N–H and O–H groups in total. The quantitative estimate of drug-likeness (QED) is 0.775. The molecule has 0 radical (unpaired) electrons. The molecule has 0 spiro atoms. The van der Waals surface area contributed by atoms with Gasteiger partial charge in [0.05, 0.1) is 17.7 Å². The lowest BCUT2D eigenvalue weighted by molar-refractivity contribution is 0.0586. The molecule has 0 aliphatic rings. The topological polar surface area (TPSA) is 41.5 Å². The Morgan fingerprint density at radius 1 is 1.40 bits per heavy atom. The lowest BCUT2D eigenvalue weighted by atomic mass is 9.95. The molecular formula is C15H23ClFNO2. The summed E-state index contributed by atoms with van der Waals surface area (Å²) in [5, 5.41) is 13.0. The predicted molar refractivity (Wildman–Crippen MR) is 79.5 cm³/mol. The first kappa shape index (κ1) is 17.4. The van der Waals surface area contributed by atoms with Crippen LogP contribution in [-0.4, -0.2) is 31.5 Å². The minimum Gasteiger partial charge on any atom is -0.391 e. The largest absolute Gasteiger partial charge is 0.391 e. The van der Waals surface area contributed by atoms with Crippen LogP contribution < -0.4 is 5.32 Å². The van der Waals surface area contributed by atoms with E-state index >= 15 is 0 Å². The normalized spacial score (nSPS) is 14.6. The molecule has 114 valence electrons. The van der Waals surface area contributed by atoms with Crippen molar-refractivity contribution in [3.05, 3.63) is 34.6 Å². The van der Waals surface area contributed by atoms with Crippen molar-refractivity contribution in [2.75, 3.05) is 20.3 Å². The van der Waals surface area contributed by atoms with Crippen LogP contribution >= 0.6 is 11.6 Å². The van der Waals surface area contributed by atoms with Crippen LogP contribution in [0.1, 0.15) is 31.9 Å². The molecular weight excluding hydrogens is 281 g/mol. The van der Waals surface area contributed by atoms with E-state index in [9.17, 15) is 9.50 Å². The zero-order valence-corrected chi connectivity index (χ0v) is 13.0. The number of ether oxygens (including phenoxy) is 1. The summed E-state index contributed by atoms with van der Waals surface area (Å²) < 4.78 is 19.0. The maximum atomic E-state index is 14.1. The molecule has 1 aromatic rings. The smallest absolute Gasteiger partial charge is 0.146 e. The van der Waals surface area contributed by atoms with Gasteiger partial charge in [0, 0.05) is 18.7 Å². The number of hydrogen-bond acceptors (Lipinski definition) is 3. The van der Waals surface area contributed by atoms with Crippen LogP contribution in [0.4, 0.5) is 4.39 Å². The van der Waals surface area contributed by atoms with Gasteiger partial charge in [0.1, 0.15) is 5.82 Å². The summed E-state index contributed by atoms with van der Waals surface area (Å²) in [6.07, 6.45) is 0.0451. The first-order valence-electron chi connectivity index (χ1n) is 6.81. The van der Waals surface area contributed by atoms with Crippen molar-refractivity contribution in [1.29, 1.82) is 0 Å². The van der Waals surface area contributed by atoms with E-state index in [0.717, 1.165) is 0 Å². The summed E-state index contributed by atoms with van der Waals surface area (Å²) >= 11 is 5.83. The maximum Gasteiger partial charge on any atom is 0.146 e. The number of aliphatic hydroxyl groups excluding tert-OH is 1. The van der Waals surface area contributed by atoms with Crippen LogP contribution in [0.25, 0.3) is 0 Å². The number of halogens is 2. The summed E-state index contributed by atoms with van der Waals surface area (Å²) in [4.78, 5) is 0. The van der Waals surface area contributed by atoms with Crippen molar-refractivity contribution in [1.82, 2.24) is 5.32 Å². The van der Waals surface area contributed by atoms with Gasteiger partial charge in [0.2, 0.25) is 0 Å². The highest BCUT2D eigenvalue weighted by atomic mass is 35.5. The number of hydrogen-bond donors (Lipinski definition) is 2. The summed E-state index contributed by atoms with van der Waals surface area (Å²) in [6, 6.07) is 4.89. The van der Waals surface area contributed by atoms with Crippen molar-refractivity contribution in [2.24, 2.45) is 5.92 Å². The third kappa shape index (κ3) is 5.02. The Kier molecular flexibility index (Phi) is 7.45. The molecule has 0 amide bonds. The Balaban J connectivity index is 2.68. The number of methoxy groups -OCH3 is 1. The van der Waals surface area contributed by atoms with Crippen LogP contribution in [0.15, 0.2) is 18.2 Å². The van der Waals surface area contributed by atoms with Crippen LogP contribution in [0.3, 0.4) is 0 Å². The molecule has 0 aliphatic heterocycles. The van der Waals surface area contributed by atoms with E-state index < -0.39 is 6.10 Å². The highest BCUT2D eigenvalue weighted by Gasteiger charge is 2.20. The van der Waals surface area contributed by atoms with Gasteiger partial charge in [-0.3, -0.25) is 0 Å². The van der Waals surface area contributed by atoms with Gasteiger partial charge in [0.25, 0.3) is 0 Å². The lowest BCUT2D eigenvalue weighted by Gasteiger charge is -2.24. The van der Waals surface area contributed by atoms with Crippen molar-refractivity contribution < 1.29 is 14.2 Å². The van der Waals surface area contributed by atoms with Gasteiger partial charge in [-0.25, -0.2) is 4.39 Å². The van der Waals surface area contributed by atoms with Crippen molar-refractivity contribution in [3.63, 3.8) is 0 Å². The first-order valence-corrected chi connectivity index (χ1v) is 7.19. The fourth-order valence-electron chi connectivity index (χ4n) is 2.15. The molecule has 0 saturated carbocycles. The zero-order valence-electron chi connectivity index (χ0n) is 12.2. The van der Waals surface area contributed by atoms with E-state index in [2.05, 4.69) is 5.32 Å². The second-order valence-corrected chi connectivity index (χ2v) is 5.62. The average molecular weight is 304 g/mol. The molecule has 5 heteroatoms. The van der Waals surface area contributed by atoms with E-state index in [1.165, 1.54) is 0 Å². The molecule has 0 fully saturated rings. The second kappa shape index (κ2) is 8.57. The van der Waals surface area contributed by atoms with Gasteiger partial charge in [0.15, 0.2) is 0 Å². The van der Waals surface area contributed by atoms with Crippen LogP contribution in [-0.2, 0) is 4.74 Å². The maximum absolute atomic E-state index is 14.1. The first-order chi connectivity index (χ1) is 9.47. The van der Waals surface area contributed by atoms with Crippen molar-refractivity contribution >= 4 is 11.6 Å². The lowest BCUT2D eigenvalue weighted by Crippen LogP contribution is -2.30. The molecule has 1 aromatic carbocycles. The number of aliphatic hydroxyl groups is 1. The minimum atomic E-state index is -0.510. The van der Waals surface area contributed by atoms with E-state index in [0.29, 0.717) is 25.1 Å². The van der Waals surface area contributed by atoms with Gasteiger partial charge in [-0.1, -0.05) is 37.6 Å². The molecule has 2 atom stereocenters. The summed E-state index contributed by atoms with van der Waals surface area (Å²) in [5.41, 5.74) is 0.564. The van der Waals surface area contributed by atoms with Gasteiger partial charge in [-0.05, 0) is 24.9 Å². The van der Waals surface area contributed by atoms with E-state index in [-0.39, 0.29) is 22.8 Å². The Morgan fingerprint density at radius 3 is 2.70 bits per heavy atom. The summed E-state index contributed by atoms with van der Waals surface area (Å²) in [7, 11) is 1.55. The van der Waals surface area contributed by atoms with Crippen molar-refractivity contribution in [3.8, 4) is 0 Å². The third-order valence-corrected chi connectivity index (χ3v) is 3.48. The third-order valence-electron chi connectivity index (χ3n) is 3.18. The zero-order chi connectivity index (χ0) is 15.1. The molecule has 0 aliphatic carbocycles. The molecule has 1 rings (SSSR count). The fourth-order valence-corrected chi connectivity index (χ4v) is 2.33. The van der Waals surface area contributed by atoms with Crippen LogP contribution in [0.2, 0.25) is 5.02 Å². The molecule has 0 aromatic heterocycles. The number of benzene rings is 1. The molecule has 0 bridgehead atoms. The molecule has 2 unspecified atom stereocenters. The van der Waals surface area contributed by atoms with Crippen molar-refractivity contribution in [2.45, 2.75) is 32.4 Å². The Labute approximate surface area is 125 Å². The highest BCUT2D eigenvalue weighted by Crippen LogP contribution is 2.28. The predicted octanol–water partition coefficient (Wildman–Crippen LogP) is 3.16. The molecule has 3 nitrogen and oxygen atoms in total. The second-order valence-electron chi connectivity index (χ2n) is 5.22. The molecule has 0 heterocycles. The standard InChI is InChI=1S/C15H23ClFNO2/c1-10(2)15(18-8-7-11(19)9-20-3)12-5-4-6-13(16)14(12)17/h4-6,10-11,15,18-19H,7-9H2,1-3H3. The highest BCUT2D eigenvalue weighted by molar-refractivity contribution is 6.30. The molecule has 20 heavy (non-hydrogen) atoms. The van der Waals surface area contributed by atoms with Gasteiger partial charge >= 0.3 is 0 Å². The van der Waals surface area contributed by atoms with E-state index in [1.807, 2.05) is 13.8 Å². The van der Waals surface area contributed by atoms with Crippen LogP contribution in [0, 0.1) is 11.7 Å². The van der Waals surface area contributed by atoms with E-state index in [4.69, 9.17) is 16.3 Å². The minimum absolute atomic E-state index is 0.134. The number of nitrogens with one attached hydrogen (secondary N) is 1. The van der Waals surface area contributed by atoms with Crippen LogP contribution in [0.5, 0.6) is 0 Å². The Bertz CT molecular complexity index is 415. The monoisotopic (exact) mass is 303 g/mol. The average Bonchev–Trinajstić information content (AvgIpc) is 2.38. The summed E-state index contributed by atoms with van der Waals surface area (Å²) in [6.45, 7) is 4.92. The fraction of sp³-hybridized carbons (Fsp3) is 0.600. The van der Waals surface area contributed by atoms with Gasteiger partial charge in [-0.2, -0.15) is 0 Å². The van der Waals surface area contributed by atoms with Gasteiger partial charge in [-0.15, -0.1) is 0 Å². The SMILES string of the molecule is COCC(O)CCNC(c1cccc(Cl)c1F)C(C)C. The summed E-state index contributed by atoms with van der Waals surface area (Å²) in [5.74, 6) is -0.166. The molecule has 0 saturated heterocycles. The van der Waals surface area contributed by atoms with Gasteiger partial charge < -0.3 is 15.2 Å². The number of rotatable bonds is 8. The Morgan fingerprint density at radius 2 is 2.10 bits per heavy atom. The van der Waals surface area contributed by atoms with E-state index in [1.54, 1.807) is 25.3 Å².